The topological polar surface area (TPSA) is 9.23 Å². The molecule has 2 rings (SSSR count). The number of hydrogen-bond donors (Lipinski definition) is 0. The van der Waals surface area contributed by atoms with Crippen LogP contribution in [0.3, 0.4) is 0 Å². The molecule has 104 valence electrons. The van der Waals surface area contributed by atoms with Crippen molar-refractivity contribution in [3.05, 3.63) is 65.2 Å². The van der Waals surface area contributed by atoms with Gasteiger partial charge in [-0.15, -0.1) is 0 Å². The van der Waals surface area contributed by atoms with Gasteiger partial charge in [-0.1, -0.05) is 30.3 Å². The summed E-state index contributed by atoms with van der Waals surface area (Å²) in [7, 11) is 0. The summed E-state index contributed by atoms with van der Waals surface area (Å²) in [6.45, 7) is 3.37. The Bertz CT molecular complexity index is 618. The molecule has 0 aromatic heterocycles. The first-order chi connectivity index (χ1) is 9.40. The lowest BCUT2D eigenvalue weighted by Crippen LogP contribution is -2.07. The van der Waals surface area contributed by atoms with E-state index in [1.807, 2.05) is 0 Å². The fraction of sp³-hybridized carbons (Fsp3) is 0.0667. The molecule has 0 unspecified atom stereocenters. The molecule has 0 bridgehead atoms. The molecule has 5 heteroatoms. The SMILES string of the molecule is C=Cc1ccc(Oc2ccc(Cl)cc2)cc1C(F)(F)F. The summed E-state index contributed by atoms with van der Waals surface area (Å²) >= 11 is 5.72. The van der Waals surface area contributed by atoms with Gasteiger partial charge in [0, 0.05) is 5.02 Å². The van der Waals surface area contributed by atoms with Crippen LogP contribution >= 0.6 is 11.6 Å². The van der Waals surface area contributed by atoms with E-state index in [-0.39, 0.29) is 11.3 Å². The smallest absolute Gasteiger partial charge is 0.417 e. The number of benzene rings is 2. The Kier molecular flexibility index (Phi) is 4.04. The van der Waals surface area contributed by atoms with E-state index in [2.05, 4.69) is 6.58 Å². The van der Waals surface area contributed by atoms with E-state index in [1.54, 1.807) is 24.3 Å². The minimum Gasteiger partial charge on any atom is -0.457 e. The molecule has 0 amide bonds. The van der Waals surface area contributed by atoms with Crippen LogP contribution in [-0.2, 0) is 6.18 Å². The van der Waals surface area contributed by atoms with Crippen molar-refractivity contribution in [2.24, 2.45) is 0 Å². The third kappa shape index (κ3) is 3.33. The first kappa shape index (κ1) is 14.5. The van der Waals surface area contributed by atoms with Gasteiger partial charge < -0.3 is 4.74 Å². The van der Waals surface area contributed by atoms with Crippen LogP contribution in [0, 0.1) is 0 Å². The maximum absolute atomic E-state index is 12.9. The van der Waals surface area contributed by atoms with Gasteiger partial charge in [0.25, 0.3) is 0 Å². The average Bonchev–Trinajstić information content (AvgIpc) is 2.40. The van der Waals surface area contributed by atoms with Crippen molar-refractivity contribution in [2.45, 2.75) is 6.18 Å². The van der Waals surface area contributed by atoms with Crippen molar-refractivity contribution in [2.75, 3.05) is 0 Å². The summed E-state index contributed by atoms with van der Waals surface area (Å²) in [6, 6.07) is 10.1. The number of hydrogen-bond acceptors (Lipinski definition) is 1. The summed E-state index contributed by atoms with van der Waals surface area (Å²) < 4.78 is 44.0. The zero-order valence-electron chi connectivity index (χ0n) is 10.2. The minimum absolute atomic E-state index is 0.0148. The van der Waals surface area contributed by atoms with Crippen molar-refractivity contribution in [1.29, 1.82) is 0 Å². The fourth-order valence-electron chi connectivity index (χ4n) is 1.66. The minimum atomic E-state index is -4.46. The molecular formula is C15H10ClF3O. The van der Waals surface area contributed by atoms with Gasteiger partial charge in [0.2, 0.25) is 0 Å². The molecule has 0 aliphatic carbocycles. The van der Waals surface area contributed by atoms with Crippen LogP contribution in [0.1, 0.15) is 11.1 Å². The van der Waals surface area contributed by atoms with Crippen molar-refractivity contribution >= 4 is 17.7 Å². The molecule has 2 aromatic rings. The van der Waals surface area contributed by atoms with Crippen molar-refractivity contribution < 1.29 is 17.9 Å². The number of ether oxygens (including phenoxy) is 1. The van der Waals surface area contributed by atoms with Crippen molar-refractivity contribution in [3.63, 3.8) is 0 Å². The summed E-state index contributed by atoms with van der Waals surface area (Å²) in [5.74, 6) is 0.513. The molecule has 20 heavy (non-hydrogen) atoms. The van der Waals surface area contributed by atoms with Gasteiger partial charge in [-0.2, -0.15) is 13.2 Å². The second kappa shape index (κ2) is 5.59. The Morgan fingerprint density at radius 3 is 2.15 bits per heavy atom. The standard InChI is InChI=1S/C15H10ClF3O/c1-2-10-3-6-13(9-14(10)15(17,18)19)20-12-7-4-11(16)5-8-12/h2-9H,1H2. The zero-order valence-corrected chi connectivity index (χ0v) is 11.0. The highest BCUT2D eigenvalue weighted by Gasteiger charge is 2.33. The van der Waals surface area contributed by atoms with Gasteiger partial charge in [-0.3, -0.25) is 0 Å². The molecule has 1 nitrogen and oxygen atoms in total. The van der Waals surface area contributed by atoms with Crippen molar-refractivity contribution in [1.82, 2.24) is 0 Å². The predicted molar refractivity (Wildman–Crippen MR) is 73.1 cm³/mol. The first-order valence-corrected chi connectivity index (χ1v) is 6.05. The van der Waals surface area contributed by atoms with Gasteiger partial charge in [-0.25, -0.2) is 0 Å². The number of rotatable bonds is 3. The van der Waals surface area contributed by atoms with E-state index in [4.69, 9.17) is 16.3 Å². The van der Waals surface area contributed by atoms with Crippen LogP contribution in [0.25, 0.3) is 6.08 Å². The van der Waals surface area contributed by atoms with Gasteiger partial charge in [0.15, 0.2) is 0 Å². The second-order valence-corrected chi connectivity index (χ2v) is 4.44. The molecule has 0 saturated carbocycles. The van der Waals surface area contributed by atoms with E-state index in [9.17, 15) is 13.2 Å². The fourth-order valence-corrected chi connectivity index (χ4v) is 1.79. The zero-order chi connectivity index (χ0) is 14.8. The van der Waals surface area contributed by atoms with Gasteiger partial charge in [-0.05, 0) is 42.0 Å². The van der Waals surface area contributed by atoms with E-state index in [1.165, 1.54) is 12.1 Å². The summed E-state index contributed by atoms with van der Waals surface area (Å²) in [5.41, 5.74) is -0.764. The Labute approximate surface area is 119 Å². The number of halogens is 4. The highest BCUT2D eigenvalue weighted by atomic mass is 35.5. The maximum atomic E-state index is 12.9. The normalized spacial score (nSPS) is 11.2. The van der Waals surface area contributed by atoms with Crippen LogP contribution in [0.5, 0.6) is 11.5 Å². The third-order valence-electron chi connectivity index (χ3n) is 2.60. The molecule has 0 aliphatic heterocycles. The quantitative estimate of drug-likeness (QED) is 0.696. The predicted octanol–water partition coefficient (Wildman–Crippen LogP) is 5.79. The average molecular weight is 299 g/mol. The Balaban J connectivity index is 2.34. The molecule has 0 saturated heterocycles. The molecule has 0 radical (unpaired) electrons. The largest absolute Gasteiger partial charge is 0.457 e. The molecule has 0 fully saturated rings. The van der Waals surface area contributed by atoms with Gasteiger partial charge >= 0.3 is 6.18 Å². The lowest BCUT2D eigenvalue weighted by Gasteiger charge is -2.13. The summed E-state index contributed by atoms with van der Waals surface area (Å²) in [6.07, 6.45) is -3.29. The van der Waals surface area contributed by atoms with Crippen molar-refractivity contribution in [3.8, 4) is 11.5 Å². The maximum Gasteiger partial charge on any atom is 0.417 e. The molecule has 0 heterocycles. The van der Waals surface area contributed by atoms with E-state index in [0.717, 1.165) is 12.1 Å². The van der Waals surface area contributed by atoms with Crippen LogP contribution in [0.15, 0.2) is 49.0 Å². The highest BCUT2D eigenvalue weighted by molar-refractivity contribution is 6.30. The van der Waals surface area contributed by atoms with Gasteiger partial charge in [0.1, 0.15) is 11.5 Å². The van der Waals surface area contributed by atoms with Crippen LogP contribution in [-0.4, -0.2) is 0 Å². The summed E-state index contributed by atoms with van der Waals surface area (Å²) in [4.78, 5) is 0. The summed E-state index contributed by atoms with van der Waals surface area (Å²) in [5, 5.41) is 0.523. The molecule has 0 atom stereocenters. The Morgan fingerprint density at radius 1 is 1.00 bits per heavy atom. The van der Waals surface area contributed by atoms with Gasteiger partial charge in [0.05, 0.1) is 5.56 Å². The highest BCUT2D eigenvalue weighted by Crippen LogP contribution is 2.36. The third-order valence-corrected chi connectivity index (χ3v) is 2.85. The van der Waals surface area contributed by atoms with Crippen LogP contribution in [0.4, 0.5) is 13.2 Å². The number of alkyl halides is 3. The van der Waals surface area contributed by atoms with E-state index in [0.29, 0.717) is 10.8 Å². The molecular weight excluding hydrogens is 289 g/mol. The first-order valence-electron chi connectivity index (χ1n) is 5.67. The Hall–Kier alpha value is -1.94. The molecule has 0 spiro atoms. The monoisotopic (exact) mass is 298 g/mol. The molecule has 2 aromatic carbocycles. The second-order valence-electron chi connectivity index (χ2n) is 4.01. The van der Waals surface area contributed by atoms with E-state index >= 15 is 0 Å². The molecule has 0 aliphatic rings. The Morgan fingerprint density at radius 2 is 1.60 bits per heavy atom. The lowest BCUT2D eigenvalue weighted by atomic mass is 10.1. The van der Waals surface area contributed by atoms with Crippen LogP contribution < -0.4 is 4.74 Å². The molecule has 0 N–H and O–H groups in total. The van der Waals surface area contributed by atoms with Crippen LogP contribution in [0.2, 0.25) is 5.02 Å². The lowest BCUT2D eigenvalue weighted by molar-refractivity contribution is -0.137. The van der Waals surface area contributed by atoms with E-state index < -0.39 is 11.7 Å².